The van der Waals surface area contributed by atoms with E-state index in [1.165, 1.54) is 24.6 Å². The summed E-state index contributed by atoms with van der Waals surface area (Å²) in [6.45, 7) is 8.19. The van der Waals surface area contributed by atoms with Gasteiger partial charge in [-0.3, -0.25) is 0 Å². The molecule has 13 heteroatoms. The van der Waals surface area contributed by atoms with Crippen LogP contribution in [0.4, 0.5) is 32.9 Å². The zero-order chi connectivity index (χ0) is 32.1. The predicted molar refractivity (Wildman–Crippen MR) is 176 cm³/mol. The van der Waals surface area contributed by atoms with Crippen LogP contribution in [0, 0.1) is 0 Å². The molecule has 0 saturated heterocycles. The minimum absolute atomic E-state index is 0.101. The van der Waals surface area contributed by atoms with Gasteiger partial charge in [-0.05, 0) is 42.2 Å². The molecule has 45 heavy (non-hydrogen) atoms. The number of ether oxygens (including phenoxy) is 3. The van der Waals surface area contributed by atoms with E-state index in [4.69, 9.17) is 19.9 Å². The second-order valence-corrected chi connectivity index (χ2v) is 11.7. The fourth-order valence-electron chi connectivity index (χ4n) is 4.48. The van der Waals surface area contributed by atoms with Crippen LogP contribution in [0.3, 0.4) is 0 Å². The predicted octanol–water partition coefficient (Wildman–Crippen LogP) is 7.33. The number of fused-ring (bicyclic) bond motifs is 1. The minimum atomic E-state index is -0.498. The highest BCUT2D eigenvalue weighted by Gasteiger charge is 2.22. The zero-order valence-corrected chi connectivity index (χ0v) is 26.2. The molecule has 2 aromatic heterocycles. The first-order valence-corrected chi connectivity index (χ1v) is 14.9. The van der Waals surface area contributed by atoms with Crippen molar-refractivity contribution in [2.24, 2.45) is 0 Å². The summed E-state index contributed by atoms with van der Waals surface area (Å²) in [6, 6.07) is 16.0. The number of anilines is 5. The smallest absolute Gasteiger partial charge is 0.357 e. The molecule has 5 rings (SSSR count). The molecule has 3 aromatic carbocycles. The van der Waals surface area contributed by atoms with Crippen LogP contribution in [-0.4, -0.2) is 40.7 Å². The maximum atomic E-state index is 13.5. The maximum absolute atomic E-state index is 13.5. The Balaban J connectivity index is 1.43. The number of carbonyl (C=O) groups is 2. The van der Waals surface area contributed by atoms with Crippen LogP contribution < -0.4 is 31.2 Å². The number of amides is 2. The van der Waals surface area contributed by atoms with E-state index >= 15 is 0 Å². The molecule has 5 aromatic rings. The normalized spacial score (nSPS) is 11.1. The molecule has 0 fully saturated rings. The summed E-state index contributed by atoms with van der Waals surface area (Å²) in [4.78, 5) is 38.0. The lowest BCUT2D eigenvalue weighted by Crippen LogP contribution is -2.21. The van der Waals surface area contributed by atoms with Crippen LogP contribution in [0.1, 0.15) is 43.7 Å². The van der Waals surface area contributed by atoms with Gasteiger partial charge in [-0.15, -0.1) is 11.3 Å². The van der Waals surface area contributed by atoms with Gasteiger partial charge >= 0.3 is 12.0 Å². The first kappa shape index (κ1) is 31.0. The van der Waals surface area contributed by atoms with E-state index in [1.807, 2.05) is 36.4 Å². The van der Waals surface area contributed by atoms with E-state index < -0.39 is 12.0 Å². The van der Waals surface area contributed by atoms with Crippen LogP contribution >= 0.6 is 11.3 Å². The van der Waals surface area contributed by atoms with Crippen molar-refractivity contribution in [3.8, 4) is 17.4 Å². The minimum Gasteiger partial charge on any atom is -0.492 e. The summed E-state index contributed by atoms with van der Waals surface area (Å²) in [5, 5.41) is 12.7. The average Bonchev–Trinajstić information content (AvgIpc) is 3.47. The zero-order valence-electron chi connectivity index (χ0n) is 25.4. The third kappa shape index (κ3) is 7.21. The molecule has 2 heterocycles. The molecular weight excluding hydrogens is 594 g/mol. The largest absolute Gasteiger partial charge is 0.492 e. The number of benzene rings is 3. The molecule has 0 aliphatic rings. The van der Waals surface area contributed by atoms with E-state index in [1.54, 1.807) is 30.5 Å². The maximum Gasteiger partial charge on any atom is 0.357 e. The fourth-order valence-corrected chi connectivity index (χ4v) is 5.18. The molecular formula is C32H33N7O5S. The highest BCUT2D eigenvalue weighted by atomic mass is 32.1. The molecule has 0 aliphatic heterocycles. The van der Waals surface area contributed by atoms with Gasteiger partial charge in [0.05, 0.1) is 30.8 Å². The molecule has 0 radical (unpaired) electrons. The van der Waals surface area contributed by atoms with Crippen LogP contribution in [0.25, 0.3) is 10.8 Å². The number of aromatic nitrogens is 3. The number of nitrogens with zero attached hydrogens (tertiary/aromatic N) is 3. The van der Waals surface area contributed by atoms with Crippen molar-refractivity contribution in [3.05, 3.63) is 77.4 Å². The fraction of sp³-hybridized carbons (Fsp3) is 0.219. The second kappa shape index (κ2) is 13.1. The molecule has 0 saturated carbocycles. The van der Waals surface area contributed by atoms with Gasteiger partial charge in [0.2, 0.25) is 11.8 Å². The van der Waals surface area contributed by atoms with Crippen LogP contribution in [0.5, 0.6) is 17.4 Å². The van der Waals surface area contributed by atoms with Crippen LogP contribution in [0.2, 0.25) is 0 Å². The molecule has 2 amide bonds. The number of hydrogen-bond acceptors (Lipinski definition) is 11. The molecule has 5 N–H and O–H groups in total. The third-order valence-electron chi connectivity index (χ3n) is 6.63. The number of thiazole rings is 1. The van der Waals surface area contributed by atoms with Gasteiger partial charge in [-0.2, -0.15) is 4.98 Å². The summed E-state index contributed by atoms with van der Waals surface area (Å²) < 4.78 is 16.8. The number of esters is 1. The Morgan fingerprint density at radius 3 is 2.40 bits per heavy atom. The van der Waals surface area contributed by atoms with Gasteiger partial charge in [0, 0.05) is 28.4 Å². The number of nitrogens with two attached hydrogens (primary N) is 1. The Labute approximate surface area is 264 Å². The highest BCUT2D eigenvalue weighted by Crippen LogP contribution is 2.41. The van der Waals surface area contributed by atoms with Crippen molar-refractivity contribution in [2.45, 2.75) is 33.1 Å². The molecule has 12 nitrogen and oxygen atoms in total. The van der Waals surface area contributed by atoms with Crippen molar-refractivity contribution >= 4 is 62.3 Å². The molecule has 232 valence electrons. The van der Waals surface area contributed by atoms with Crippen molar-refractivity contribution in [1.29, 1.82) is 0 Å². The summed E-state index contributed by atoms with van der Waals surface area (Å²) >= 11 is 1.25. The number of carbonyl (C=O) groups excluding carboxylic acids is 2. The van der Waals surface area contributed by atoms with Gasteiger partial charge in [0.1, 0.15) is 5.75 Å². The number of hydrogen-bond donors (Lipinski definition) is 4. The average molecular weight is 628 g/mol. The molecule has 0 unspecified atom stereocenters. The lowest BCUT2D eigenvalue weighted by Gasteiger charge is -2.24. The van der Waals surface area contributed by atoms with Gasteiger partial charge in [-0.25, -0.2) is 19.6 Å². The second-order valence-electron chi connectivity index (χ2n) is 10.8. The highest BCUT2D eigenvalue weighted by molar-refractivity contribution is 7.14. The summed E-state index contributed by atoms with van der Waals surface area (Å²) in [6.07, 6.45) is 1.52. The Hall–Kier alpha value is -5.43. The van der Waals surface area contributed by atoms with Crippen LogP contribution in [-0.2, 0) is 10.2 Å². The number of rotatable bonds is 9. The van der Waals surface area contributed by atoms with Crippen molar-refractivity contribution in [2.75, 3.05) is 35.4 Å². The number of methoxy groups -OCH3 is 1. The Morgan fingerprint density at radius 1 is 0.956 bits per heavy atom. The Morgan fingerprint density at radius 2 is 1.69 bits per heavy atom. The lowest BCUT2D eigenvalue weighted by molar-refractivity contribution is 0.0520. The summed E-state index contributed by atoms with van der Waals surface area (Å²) in [5.74, 6) is 0.837. The molecule has 0 bridgehead atoms. The lowest BCUT2D eigenvalue weighted by atomic mass is 9.86. The topological polar surface area (TPSA) is 163 Å². The first-order chi connectivity index (χ1) is 21.5. The van der Waals surface area contributed by atoms with E-state index in [9.17, 15) is 9.59 Å². The SMILES string of the molecule is CCOC(=O)c1csc(Nc2cc(C(C)(C)C)cc(NC(=O)Nc3ccc(Oc4ccnc(N)n4)c4ccccc34)c2OC)n1. The number of nitrogen functional groups attached to an aromatic ring is 1. The van der Waals surface area contributed by atoms with Crippen molar-refractivity contribution < 1.29 is 23.8 Å². The van der Waals surface area contributed by atoms with Crippen molar-refractivity contribution in [1.82, 2.24) is 15.0 Å². The van der Waals surface area contributed by atoms with Gasteiger partial charge in [0.15, 0.2) is 16.6 Å². The summed E-state index contributed by atoms with van der Waals surface area (Å²) in [5.41, 5.74) is 8.15. The van der Waals surface area contributed by atoms with E-state index in [0.717, 1.165) is 16.3 Å². The van der Waals surface area contributed by atoms with Crippen LogP contribution in [0.15, 0.2) is 66.2 Å². The monoisotopic (exact) mass is 627 g/mol. The Bertz CT molecular complexity index is 1870. The molecule has 0 spiro atoms. The van der Waals surface area contributed by atoms with Crippen molar-refractivity contribution in [3.63, 3.8) is 0 Å². The quantitative estimate of drug-likeness (QED) is 0.122. The Kier molecular flexibility index (Phi) is 9.00. The van der Waals surface area contributed by atoms with Gasteiger partial charge in [-0.1, -0.05) is 45.0 Å². The van der Waals surface area contributed by atoms with Gasteiger partial charge in [0.25, 0.3) is 0 Å². The third-order valence-corrected chi connectivity index (χ3v) is 7.39. The summed E-state index contributed by atoms with van der Waals surface area (Å²) in [7, 11) is 1.52. The van der Waals surface area contributed by atoms with E-state index in [-0.39, 0.29) is 23.7 Å². The molecule has 0 atom stereocenters. The van der Waals surface area contributed by atoms with E-state index in [0.29, 0.717) is 39.6 Å². The van der Waals surface area contributed by atoms with E-state index in [2.05, 4.69) is 51.7 Å². The number of urea groups is 1. The standard InChI is InChI=1S/C32H33N7O5S/c1-6-43-28(40)24-17-45-31(38-24)37-23-16-18(32(2,3)4)15-22(27(23)42-5)36-30(41)35-21-11-12-25(20-10-8-7-9-19(20)21)44-26-13-14-34-29(33)39-26/h7-17H,6H2,1-5H3,(H,37,38)(H2,33,34,39)(H2,35,36,41). The number of nitrogens with one attached hydrogen (secondary N) is 3. The molecule has 0 aliphatic carbocycles. The van der Waals surface area contributed by atoms with Gasteiger partial charge < -0.3 is 35.9 Å². The first-order valence-electron chi connectivity index (χ1n) is 14.0.